The zero-order valence-corrected chi connectivity index (χ0v) is 7.86. The predicted molar refractivity (Wildman–Crippen MR) is 54.5 cm³/mol. The molecule has 1 N–H and O–H groups in total. The van der Waals surface area contributed by atoms with Gasteiger partial charge in [0.2, 0.25) is 0 Å². The smallest absolute Gasteiger partial charge is 0.169 e. The molecule has 14 heavy (non-hydrogen) atoms. The van der Waals surface area contributed by atoms with Crippen molar-refractivity contribution < 1.29 is 4.42 Å². The Hall–Kier alpha value is -1.54. The van der Waals surface area contributed by atoms with Crippen LogP contribution < -0.4 is 5.32 Å². The van der Waals surface area contributed by atoms with Crippen molar-refractivity contribution in [3.8, 4) is 0 Å². The van der Waals surface area contributed by atoms with Crippen LogP contribution in [0.3, 0.4) is 0 Å². The van der Waals surface area contributed by atoms with Gasteiger partial charge in [-0.3, -0.25) is 0 Å². The summed E-state index contributed by atoms with van der Waals surface area (Å²) in [6.07, 6.45) is 2.66. The molecule has 0 aliphatic rings. The van der Waals surface area contributed by atoms with Gasteiger partial charge in [0.15, 0.2) is 6.26 Å². The molecule has 0 saturated carbocycles. The molecule has 0 spiro atoms. The fourth-order valence-electron chi connectivity index (χ4n) is 1.29. The summed E-state index contributed by atoms with van der Waals surface area (Å²) in [6, 6.07) is 14.0. The molecule has 0 unspecified atom stereocenters. The molecule has 0 amide bonds. The molecule has 0 bridgehead atoms. The molecular weight excluding hydrogens is 174 g/mol. The average Bonchev–Trinajstić information content (AvgIpc) is 2.72. The van der Waals surface area contributed by atoms with Gasteiger partial charge in [0, 0.05) is 6.54 Å². The van der Waals surface area contributed by atoms with Gasteiger partial charge in [-0.15, -0.1) is 0 Å². The second-order valence-electron chi connectivity index (χ2n) is 3.11. The molecule has 0 saturated heterocycles. The Morgan fingerprint density at radius 1 is 1.07 bits per heavy atom. The fraction of sp³-hybridized carbons (Fsp3) is 0.167. The first-order valence-corrected chi connectivity index (χ1v) is 4.64. The van der Waals surface area contributed by atoms with E-state index in [1.54, 1.807) is 6.07 Å². The monoisotopic (exact) mass is 186 g/mol. The SMILES string of the molecule is [c]1ccc(CNCc2ccccc2)o1. The number of furan rings is 1. The molecule has 1 radical (unpaired) electrons. The highest BCUT2D eigenvalue weighted by Crippen LogP contribution is 2.00. The standard InChI is InChI=1S/C12H12NO/c1-2-5-11(6-3-1)9-13-10-12-7-4-8-14-12/h1-7,13H,9-10H2. The Bertz CT molecular complexity index is 353. The summed E-state index contributed by atoms with van der Waals surface area (Å²) in [4.78, 5) is 0. The van der Waals surface area contributed by atoms with E-state index in [1.165, 1.54) is 5.56 Å². The quantitative estimate of drug-likeness (QED) is 0.793. The molecule has 2 aromatic rings. The van der Waals surface area contributed by atoms with Gasteiger partial charge >= 0.3 is 0 Å². The first-order chi connectivity index (χ1) is 6.95. The van der Waals surface area contributed by atoms with Gasteiger partial charge in [-0.05, 0) is 17.7 Å². The van der Waals surface area contributed by atoms with E-state index in [4.69, 9.17) is 4.42 Å². The van der Waals surface area contributed by atoms with Crippen molar-refractivity contribution in [2.45, 2.75) is 13.1 Å². The van der Waals surface area contributed by atoms with Crippen molar-refractivity contribution in [1.29, 1.82) is 0 Å². The summed E-state index contributed by atoms with van der Waals surface area (Å²) in [5.74, 6) is 0.918. The van der Waals surface area contributed by atoms with Crippen LogP contribution in [0.25, 0.3) is 0 Å². The number of rotatable bonds is 4. The van der Waals surface area contributed by atoms with Gasteiger partial charge in [0.25, 0.3) is 0 Å². The van der Waals surface area contributed by atoms with Crippen molar-refractivity contribution in [3.05, 3.63) is 60.1 Å². The van der Waals surface area contributed by atoms with E-state index in [-0.39, 0.29) is 0 Å². The first kappa shape index (κ1) is 9.03. The van der Waals surface area contributed by atoms with Crippen LogP contribution in [-0.4, -0.2) is 0 Å². The zero-order chi connectivity index (χ0) is 9.64. The minimum atomic E-state index is 0.748. The zero-order valence-electron chi connectivity index (χ0n) is 7.86. The fourth-order valence-corrected chi connectivity index (χ4v) is 1.29. The van der Waals surface area contributed by atoms with Crippen molar-refractivity contribution in [3.63, 3.8) is 0 Å². The van der Waals surface area contributed by atoms with Crippen LogP contribution in [0.1, 0.15) is 11.3 Å². The van der Waals surface area contributed by atoms with Crippen LogP contribution >= 0.6 is 0 Å². The highest BCUT2D eigenvalue weighted by atomic mass is 16.3. The topological polar surface area (TPSA) is 25.2 Å². The second-order valence-corrected chi connectivity index (χ2v) is 3.11. The van der Waals surface area contributed by atoms with Crippen molar-refractivity contribution in [2.75, 3.05) is 0 Å². The molecule has 1 heterocycles. The second kappa shape index (κ2) is 4.63. The average molecular weight is 186 g/mol. The minimum absolute atomic E-state index is 0.748. The third-order valence-corrected chi connectivity index (χ3v) is 2.00. The maximum Gasteiger partial charge on any atom is 0.169 e. The molecule has 0 aliphatic heterocycles. The van der Waals surface area contributed by atoms with E-state index >= 15 is 0 Å². The molecule has 0 aliphatic carbocycles. The minimum Gasteiger partial charge on any atom is -0.456 e. The van der Waals surface area contributed by atoms with E-state index in [2.05, 4.69) is 23.7 Å². The van der Waals surface area contributed by atoms with Gasteiger partial charge in [-0.1, -0.05) is 30.3 Å². The summed E-state index contributed by atoms with van der Waals surface area (Å²) in [5, 5.41) is 3.29. The Labute approximate surface area is 83.6 Å². The van der Waals surface area contributed by atoms with E-state index in [1.807, 2.05) is 24.3 Å². The lowest BCUT2D eigenvalue weighted by molar-refractivity contribution is 0.477. The molecule has 1 aromatic heterocycles. The van der Waals surface area contributed by atoms with Crippen LogP contribution in [0.15, 0.2) is 46.9 Å². The molecule has 1 aromatic carbocycles. The molecule has 0 atom stereocenters. The first-order valence-electron chi connectivity index (χ1n) is 4.64. The highest BCUT2D eigenvalue weighted by molar-refractivity contribution is 5.14. The van der Waals surface area contributed by atoms with Crippen molar-refractivity contribution in [1.82, 2.24) is 5.32 Å². The van der Waals surface area contributed by atoms with E-state index in [0.29, 0.717) is 0 Å². The van der Waals surface area contributed by atoms with Crippen molar-refractivity contribution >= 4 is 0 Å². The van der Waals surface area contributed by atoms with Crippen LogP contribution in [0.2, 0.25) is 0 Å². The van der Waals surface area contributed by atoms with Gasteiger partial charge < -0.3 is 9.73 Å². The number of nitrogens with one attached hydrogen (secondary N) is 1. The Kier molecular flexibility index (Phi) is 2.99. The Morgan fingerprint density at radius 2 is 1.93 bits per heavy atom. The summed E-state index contributed by atoms with van der Waals surface area (Å²) >= 11 is 0. The predicted octanol–water partition coefficient (Wildman–Crippen LogP) is 2.37. The van der Waals surface area contributed by atoms with Gasteiger partial charge in [-0.25, -0.2) is 0 Å². The van der Waals surface area contributed by atoms with Crippen LogP contribution in [0, 0.1) is 6.26 Å². The molecule has 0 fully saturated rings. The molecule has 2 nitrogen and oxygen atoms in total. The third kappa shape index (κ3) is 2.47. The largest absolute Gasteiger partial charge is 0.456 e. The van der Waals surface area contributed by atoms with Gasteiger partial charge in [0.1, 0.15) is 5.76 Å². The Balaban J connectivity index is 1.79. The van der Waals surface area contributed by atoms with E-state index in [9.17, 15) is 0 Å². The lowest BCUT2D eigenvalue weighted by Crippen LogP contribution is -2.11. The van der Waals surface area contributed by atoms with E-state index in [0.717, 1.165) is 18.8 Å². The van der Waals surface area contributed by atoms with Gasteiger partial charge in [-0.2, -0.15) is 0 Å². The number of hydrogen-bond donors (Lipinski definition) is 1. The molecule has 2 rings (SSSR count). The maximum atomic E-state index is 5.08. The van der Waals surface area contributed by atoms with Gasteiger partial charge in [0.05, 0.1) is 6.54 Å². The molecule has 2 heteroatoms. The molecule has 71 valence electrons. The lowest BCUT2D eigenvalue weighted by Gasteiger charge is -2.01. The van der Waals surface area contributed by atoms with E-state index < -0.39 is 0 Å². The Morgan fingerprint density at radius 3 is 2.64 bits per heavy atom. The van der Waals surface area contributed by atoms with Crippen molar-refractivity contribution in [2.24, 2.45) is 0 Å². The summed E-state index contributed by atoms with van der Waals surface area (Å²) in [5.41, 5.74) is 1.28. The number of benzene rings is 1. The molecular formula is C12H12NO. The summed E-state index contributed by atoms with van der Waals surface area (Å²) in [7, 11) is 0. The van der Waals surface area contributed by atoms with Crippen LogP contribution in [0.5, 0.6) is 0 Å². The third-order valence-electron chi connectivity index (χ3n) is 2.00. The van der Waals surface area contributed by atoms with Crippen LogP contribution in [-0.2, 0) is 13.1 Å². The lowest BCUT2D eigenvalue weighted by atomic mass is 10.2. The summed E-state index contributed by atoms with van der Waals surface area (Å²) < 4.78 is 5.08. The number of hydrogen-bond acceptors (Lipinski definition) is 2. The maximum absolute atomic E-state index is 5.08. The highest BCUT2D eigenvalue weighted by Gasteiger charge is 1.94. The normalized spacial score (nSPS) is 10.3. The summed E-state index contributed by atoms with van der Waals surface area (Å²) in [6.45, 7) is 1.61. The van der Waals surface area contributed by atoms with Crippen LogP contribution in [0.4, 0.5) is 0 Å².